The molecule has 3 heterocycles. The lowest BCUT2D eigenvalue weighted by Crippen LogP contribution is -2.39. The van der Waals surface area contributed by atoms with Gasteiger partial charge in [-0.15, -0.1) is 0 Å². The van der Waals surface area contributed by atoms with Crippen molar-refractivity contribution in [3.05, 3.63) is 29.7 Å². The topological polar surface area (TPSA) is 70.7 Å². The Hall–Kier alpha value is -1.95. The second kappa shape index (κ2) is 5.44. The van der Waals surface area contributed by atoms with Crippen LogP contribution in [0, 0.1) is 0 Å². The molecule has 112 valence electrons. The molecule has 0 spiro atoms. The highest BCUT2D eigenvalue weighted by Gasteiger charge is 2.26. The van der Waals surface area contributed by atoms with Crippen LogP contribution in [-0.4, -0.2) is 49.7 Å². The van der Waals surface area contributed by atoms with Crippen molar-refractivity contribution in [1.82, 2.24) is 19.5 Å². The maximum absolute atomic E-state index is 11.2. The number of nitrogens with zero attached hydrogens (tertiary/aromatic N) is 4. The molecular weight excluding hydrogens is 268 g/mol. The first-order valence-electron chi connectivity index (χ1n) is 7.39. The SMILES string of the molecule is CC(C)N1CCCC(c2nc3cccc(C(=O)O)n3n2)C1. The second-order valence-electron chi connectivity index (χ2n) is 5.88. The third-order valence-corrected chi connectivity index (χ3v) is 4.14. The van der Waals surface area contributed by atoms with Crippen LogP contribution in [0.1, 0.15) is 48.9 Å². The number of aromatic nitrogens is 3. The third-order valence-electron chi connectivity index (χ3n) is 4.14. The lowest BCUT2D eigenvalue weighted by molar-refractivity contribution is 0.0687. The van der Waals surface area contributed by atoms with Crippen molar-refractivity contribution in [2.75, 3.05) is 13.1 Å². The molecule has 6 nitrogen and oxygen atoms in total. The van der Waals surface area contributed by atoms with E-state index in [1.54, 1.807) is 18.2 Å². The van der Waals surface area contributed by atoms with Crippen molar-refractivity contribution >= 4 is 11.6 Å². The number of aromatic carboxylic acids is 1. The summed E-state index contributed by atoms with van der Waals surface area (Å²) in [4.78, 5) is 18.2. The Kier molecular flexibility index (Phi) is 3.63. The molecule has 2 aromatic heterocycles. The minimum atomic E-state index is -0.982. The standard InChI is InChI=1S/C15H20N4O2/c1-10(2)18-8-4-5-11(9-18)14-16-13-7-3-6-12(15(20)21)19(13)17-14/h3,6-7,10-11H,4-5,8-9H2,1-2H3,(H,20,21). The van der Waals surface area contributed by atoms with E-state index in [0.717, 1.165) is 31.8 Å². The summed E-state index contributed by atoms with van der Waals surface area (Å²) in [6.07, 6.45) is 2.19. The number of pyridine rings is 1. The Morgan fingerprint density at radius 1 is 1.43 bits per heavy atom. The molecule has 0 bridgehead atoms. The number of fused-ring (bicyclic) bond motifs is 1. The Morgan fingerprint density at radius 3 is 2.95 bits per heavy atom. The van der Waals surface area contributed by atoms with Gasteiger partial charge in [-0.05, 0) is 45.4 Å². The van der Waals surface area contributed by atoms with E-state index in [1.165, 1.54) is 4.52 Å². The highest BCUT2D eigenvalue weighted by molar-refractivity contribution is 5.86. The normalized spacial score (nSPS) is 20.2. The zero-order chi connectivity index (χ0) is 15.0. The fraction of sp³-hybridized carbons (Fsp3) is 0.533. The Labute approximate surface area is 123 Å². The minimum Gasteiger partial charge on any atom is -0.477 e. The first kappa shape index (κ1) is 14.0. The number of carboxylic acid groups (broad SMARTS) is 1. The minimum absolute atomic E-state index is 0.155. The quantitative estimate of drug-likeness (QED) is 0.935. The van der Waals surface area contributed by atoms with Crippen LogP contribution in [0.2, 0.25) is 0 Å². The van der Waals surface area contributed by atoms with Gasteiger partial charge < -0.3 is 10.0 Å². The highest BCUT2D eigenvalue weighted by atomic mass is 16.4. The molecule has 3 rings (SSSR count). The zero-order valence-corrected chi connectivity index (χ0v) is 12.4. The molecule has 1 atom stereocenters. The molecule has 0 aromatic carbocycles. The van der Waals surface area contributed by atoms with Gasteiger partial charge in [0.1, 0.15) is 0 Å². The molecular formula is C15H20N4O2. The largest absolute Gasteiger partial charge is 0.477 e. The molecule has 1 N–H and O–H groups in total. The van der Waals surface area contributed by atoms with E-state index in [4.69, 9.17) is 0 Å². The van der Waals surface area contributed by atoms with Crippen molar-refractivity contribution in [2.45, 2.75) is 38.6 Å². The molecule has 1 fully saturated rings. The summed E-state index contributed by atoms with van der Waals surface area (Å²) in [5.74, 6) is 0.0567. The van der Waals surface area contributed by atoms with E-state index in [9.17, 15) is 9.90 Å². The van der Waals surface area contributed by atoms with Crippen LogP contribution in [0.5, 0.6) is 0 Å². The van der Waals surface area contributed by atoms with Crippen molar-refractivity contribution in [2.24, 2.45) is 0 Å². The summed E-state index contributed by atoms with van der Waals surface area (Å²) in [6, 6.07) is 5.57. The van der Waals surface area contributed by atoms with Gasteiger partial charge in [0.05, 0.1) is 0 Å². The molecule has 0 radical (unpaired) electrons. The van der Waals surface area contributed by atoms with Gasteiger partial charge in [0, 0.05) is 18.5 Å². The summed E-state index contributed by atoms with van der Waals surface area (Å²) in [7, 11) is 0. The van der Waals surface area contributed by atoms with Gasteiger partial charge in [-0.2, -0.15) is 5.10 Å². The maximum Gasteiger partial charge on any atom is 0.354 e. The number of rotatable bonds is 3. The first-order chi connectivity index (χ1) is 10.1. The van der Waals surface area contributed by atoms with Gasteiger partial charge in [0.2, 0.25) is 0 Å². The van der Waals surface area contributed by atoms with Crippen molar-refractivity contribution in [3.8, 4) is 0 Å². The van der Waals surface area contributed by atoms with E-state index < -0.39 is 5.97 Å². The van der Waals surface area contributed by atoms with Gasteiger partial charge in [0.15, 0.2) is 17.2 Å². The summed E-state index contributed by atoms with van der Waals surface area (Å²) >= 11 is 0. The molecule has 6 heteroatoms. The lowest BCUT2D eigenvalue weighted by atomic mass is 9.96. The van der Waals surface area contributed by atoms with Crippen LogP contribution >= 0.6 is 0 Å². The van der Waals surface area contributed by atoms with E-state index >= 15 is 0 Å². The summed E-state index contributed by atoms with van der Waals surface area (Å²) in [6.45, 7) is 6.45. The van der Waals surface area contributed by atoms with Crippen LogP contribution in [0.3, 0.4) is 0 Å². The van der Waals surface area contributed by atoms with Gasteiger partial charge in [-0.3, -0.25) is 0 Å². The van der Waals surface area contributed by atoms with Crippen LogP contribution in [0.25, 0.3) is 5.65 Å². The third kappa shape index (κ3) is 2.63. The van der Waals surface area contributed by atoms with Crippen molar-refractivity contribution in [3.63, 3.8) is 0 Å². The predicted octanol–water partition coefficient (Wildman–Crippen LogP) is 2.02. The molecule has 0 amide bonds. The number of likely N-dealkylation sites (tertiary alicyclic amines) is 1. The van der Waals surface area contributed by atoms with E-state index in [2.05, 4.69) is 28.8 Å². The van der Waals surface area contributed by atoms with Crippen LogP contribution in [0.15, 0.2) is 18.2 Å². The van der Waals surface area contributed by atoms with E-state index in [0.29, 0.717) is 11.7 Å². The van der Waals surface area contributed by atoms with E-state index in [-0.39, 0.29) is 11.6 Å². The van der Waals surface area contributed by atoms with Gasteiger partial charge in [0.25, 0.3) is 0 Å². The fourth-order valence-corrected chi connectivity index (χ4v) is 2.94. The zero-order valence-electron chi connectivity index (χ0n) is 12.4. The molecule has 21 heavy (non-hydrogen) atoms. The van der Waals surface area contributed by atoms with E-state index in [1.807, 2.05) is 0 Å². The average molecular weight is 288 g/mol. The van der Waals surface area contributed by atoms with Crippen LogP contribution < -0.4 is 0 Å². The molecule has 2 aromatic rings. The molecule has 1 aliphatic heterocycles. The molecule has 1 unspecified atom stereocenters. The predicted molar refractivity (Wildman–Crippen MR) is 78.6 cm³/mol. The van der Waals surface area contributed by atoms with Crippen molar-refractivity contribution < 1.29 is 9.90 Å². The van der Waals surface area contributed by atoms with Gasteiger partial charge in [-0.1, -0.05) is 6.07 Å². The molecule has 0 aliphatic carbocycles. The lowest BCUT2D eigenvalue weighted by Gasteiger charge is -2.34. The smallest absolute Gasteiger partial charge is 0.354 e. The maximum atomic E-state index is 11.2. The first-order valence-corrected chi connectivity index (χ1v) is 7.39. The Bertz CT molecular complexity index is 665. The molecule has 1 saturated heterocycles. The number of carbonyl (C=O) groups is 1. The monoisotopic (exact) mass is 288 g/mol. The number of carboxylic acids is 1. The van der Waals surface area contributed by atoms with Crippen LogP contribution in [-0.2, 0) is 0 Å². The van der Waals surface area contributed by atoms with Gasteiger partial charge >= 0.3 is 5.97 Å². The highest BCUT2D eigenvalue weighted by Crippen LogP contribution is 2.26. The Balaban J connectivity index is 1.94. The van der Waals surface area contributed by atoms with Crippen LogP contribution in [0.4, 0.5) is 0 Å². The average Bonchev–Trinajstić information content (AvgIpc) is 2.91. The van der Waals surface area contributed by atoms with Crippen molar-refractivity contribution in [1.29, 1.82) is 0 Å². The second-order valence-corrected chi connectivity index (χ2v) is 5.88. The fourth-order valence-electron chi connectivity index (χ4n) is 2.94. The van der Waals surface area contributed by atoms with Gasteiger partial charge in [-0.25, -0.2) is 14.3 Å². The number of piperidine rings is 1. The number of hydrogen-bond donors (Lipinski definition) is 1. The summed E-state index contributed by atoms with van der Waals surface area (Å²) in [5.41, 5.74) is 0.759. The Morgan fingerprint density at radius 2 is 2.24 bits per heavy atom. The molecule has 0 saturated carbocycles. The summed E-state index contributed by atoms with van der Waals surface area (Å²) in [5, 5.41) is 13.7. The summed E-state index contributed by atoms with van der Waals surface area (Å²) < 4.78 is 1.44. The molecule has 1 aliphatic rings. The number of hydrogen-bond acceptors (Lipinski definition) is 4.